The van der Waals surface area contributed by atoms with Crippen LogP contribution >= 0.6 is 0 Å². The largest absolute Gasteiger partial charge is 0.573 e. The van der Waals surface area contributed by atoms with E-state index in [1.54, 1.807) is 0 Å². The molecule has 1 aromatic carbocycles. The molecule has 0 unspecified atom stereocenters. The van der Waals surface area contributed by atoms with Gasteiger partial charge in [-0.2, -0.15) is 0 Å². The van der Waals surface area contributed by atoms with Crippen molar-refractivity contribution in [1.29, 1.82) is 0 Å². The summed E-state index contributed by atoms with van der Waals surface area (Å²) in [6.45, 7) is 4.71. The molecule has 1 aromatic rings. The highest BCUT2D eigenvalue weighted by Crippen LogP contribution is 2.39. The monoisotopic (exact) mass is 385 g/mol. The minimum atomic E-state index is -4.74. The average Bonchev–Trinajstić information content (AvgIpc) is 3.32. The SMILES string of the molecule is C[C@@H]1C[C@@H]1C(=O)N1CCN(CC(=O)Nc2ccc(OC(F)(F)F)cc2)CC1. The summed E-state index contributed by atoms with van der Waals surface area (Å²) in [4.78, 5) is 28.1. The van der Waals surface area contributed by atoms with Gasteiger partial charge < -0.3 is 15.0 Å². The number of hydrogen-bond acceptors (Lipinski definition) is 4. The van der Waals surface area contributed by atoms with E-state index in [0.717, 1.165) is 18.6 Å². The van der Waals surface area contributed by atoms with Crippen molar-refractivity contribution >= 4 is 17.5 Å². The first-order valence-corrected chi connectivity index (χ1v) is 8.88. The van der Waals surface area contributed by atoms with Crippen molar-refractivity contribution in [2.45, 2.75) is 19.7 Å². The highest BCUT2D eigenvalue weighted by Gasteiger charge is 2.42. The molecule has 27 heavy (non-hydrogen) atoms. The second kappa shape index (κ2) is 7.75. The van der Waals surface area contributed by atoms with Crippen LogP contribution in [0.1, 0.15) is 13.3 Å². The van der Waals surface area contributed by atoms with Gasteiger partial charge in [-0.15, -0.1) is 13.2 Å². The van der Waals surface area contributed by atoms with Gasteiger partial charge in [-0.1, -0.05) is 6.92 Å². The second-order valence-corrected chi connectivity index (χ2v) is 7.04. The van der Waals surface area contributed by atoms with Gasteiger partial charge in [0.05, 0.1) is 6.54 Å². The summed E-state index contributed by atoms with van der Waals surface area (Å²) < 4.78 is 40.2. The van der Waals surface area contributed by atoms with E-state index in [0.29, 0.717) is 37.8 Å². The highest BCUT2D eigenvalue weighted by molar-refractivity contribution is 5.92. The minimum Gasteiger partial charge on any atom is -0.406 e. The summed E-state index contributed by atoms with van der Waals surface area (Å²) in [6.07, 6.45) is -3.78. The third kappa shape index (κ3) is 5.59. The van der Waals surface area contributed by atoms with E-state index >= 15 is 0 Å². The first-order valence-electron chi connectivity index (χ1n) is 8.88. The zero-order valence-electron chi connectivity index (χ0n) is 15.0. The number of nitrogens with one attached hydrogen (secondary N) is 1. The Balaban J connectivity index is 1.41. The lowest BCUT2D eigenvalue weighted by Gasteiger charge is -2.34. The second-order valence-electron chi connectivity index (χ2n) is 7.04. The van der Waals surface area contributed by atoms with Crippen LogP contribution in [0.25, 0.3) is 0 Å². The molecule has 2 fully saturated rings. The lowest BCUT2D eigenvalue weighted by atomic mass is 10.2. The van der Waals surface area contributed by atoms with E-state index < -0.39 is 6.36 Å². The molecule has 0 radical (unpaired) electrons. The maximum absolute atomic E-state index is 12.2. The maximum Gasteiger partial charge on any atom is 0.573 e. The molecule has 1 aliphatic carbocycles. The number of benzene rings is 1. The Kier molecular flexibility index (Phi) is 5.59. The van der Waals surface area contributed by atoms with Gasteiger partial charge in [0.2, 0.25) is 11.8 Å². The van der Waals surface area contributed by atoms with Crippen LogP contribution in [0.5, 0.6) is 5.75 Å². The minimum absolute atomic E-state index is 0.169. The molecule has 1 N–H and O–H groups in total. The fourth-order valence-electron chi connectivity index (χ4n) is 3.17. The number of amides is 2. The molecule has 2 aliphatic rings. The number of alkyl halides is 3. The van der Waals surface area contributed by atoms with Gasteiger partial charge in [0.15, 0.2) is 0 Å². The molecular weight excluding hydrogens is 363 g/mol. The van der Waals surface area contributed by atoms with Crippen LogP contribution in [-0.2, 0) is 9.59 Å². The van der Waals surface area contributed by atoms with Crippen molar-refractivity contribution in [2.24, 2.45) is 11.8 Å². The Morgan fingerprint density at radius 2 is 1.74 bits per heavy atom. The molecule has 3 rings (SSSR count). The summed E-state index contributed by atoms with van der Waals surface area (Å²) >= 11 is 0. The normalized spacial score (nSPS) is 23.0. The molecule has 1 heterocycles. The van der Waals surface area contributed by atoms with Gasteiger partial charge >= 0.3 is 6.36 Å². The molecule has 0 aromatic heterocycles. The number of rotatable bonds is 5. The molecule has 1 saturated carbocycles. The van der Waals surface area contributed by atoms with Crippen LogP contribution in [0.15, 0.2) is 24.3 Å². The quantitative estimate of drug-likeness (QED) is 0.845. The fraction of sp³-hybridized carbons (Fsp3) is 0.556. The summed E-state index contributed by atoms with van der Waals surface area (Å²) in [7, 11) is 0. The lowest BCUT2D eigenvalue weighted by Crippen LogP contribution is -2.51. The zero-order chi connectivity index (χ0) is 19.6. The molecule has 9 heteroatoms. The Morgan fingerprint density at radius 1 is 1.15 bits per heavy atom. The van der Waals surface area contributed by atoms with Gasteiger partial charge in [-0.3, -0.25) is 14.5 Å². The van der Waals surface area contributed by atoms with E-state index in [4.69, 9.17) is 0 Å². The van der Waals surface area contributed by atoms with Crippen molar-refractivity contribution in [3.8, 4) is 5.75 Å². The zero-order valence-corrected chi connectivity index (χ0v) is 15.0. The smallest absolute Gasteiger partial charge is 0.406 e. The number of halogens is 3. The number of piperazine rings is 1. The van der Waals surface area contributed by atoms with Crippen LogP contribution in [0, 0.1) is 11.8 Å². The topological polar surface area (TPSA) is 61.9 Å². The predicted octanol–water partition coefficient (Wildman–Crippen LogP) is 2.32. The van der Waals surface area contributed by atoms with Crippen LogP contribution in [0.2, 0.25) is 0 Å². The molecule has 6 nitrogen and oxygen atoms in total. The number of nitrogens with zero attached hydrogens (tertiary/aromatic N) is 2. The predicted molar refractivity (Wildman–Crippen MR) is 92.0 cm³/mol. The molecule has 1 saturated heterocycles. The Hall–Kier alpha value is -2.29. The number of anilines is 1. The molecular formula is C18H22F3N3O3. The van der Waals surface area contributed by atoms with Gasteiger partial charge in [0.1, 0.15) is 5.75 Å². The fourth-order valence-corrected chi connectivity index (χ4v) is 3.17. The molecule has 148 valence electrons. The molecule has 2 atom stereocenters. The van der Waals surface area contributed by atoms with E-state index in [-0.39, 0.29) is 30.0 Å². The van der Waals surface area contributed by atoms with Crippen molar-refractivity contribution in [3.05, 3.63) is 24.3 Å². The first-order chi connectivity index (χ1) is 12.7. The number of carbonyl (C=O) groups is 2. The maximum atomic E-state index is 12.2. The van der Waals surface area contributed by atoms with Gasteiger partial charge in [-0.05, 0) is 36.6 Å². The summed E-state index contributed by atoms with van der Waals surface area (Å²) in [5.41, 5.74) is 0.394. The van der Waals surface area contributed by atoms with E-state index in [1.807, 2.05) is 9.80 Å². The van der Waals surface area contributed by atoms with Gasteiger partial charge in [0, 0.05) is 37.8 Å². The lowest BCUT2D eigenvalue weighted by molar-refractivity contribution is -0.274. The molecule has 2 amide bonds. The van der Waals surface area contributed by atoms with Crippen LogP contribution in [0.4, 0.5) is 18.9 Å². The van der Waals surface area contributed by atoms with Gasteiger partial charge in [-0.25, -0.2) is 0 Å². The standard InChI is InChI=1S/C18H22F3N3O3/c1-12-10-15(12)17(26)24-8-6-23(7-9-24)11-16(25)22-13-2-4-14(5-3-13)27-18(19,20)21/h2-5,12,15H,6-11H2,1H3,(H,22,25)/t12-,15+/m1/s1. The Labute approximate surface area is 155 Å². The Bertz CT molecular complexity index is 685. The number of hydrogen-bond donors (Lipinski definition) is 1. The van der Waals surface area contributed by atoms with Crippen molar-refractivity contribution in [2.75, 3.05) is 38.0 Å². The number of ether oxygens (including phenoxy) is 1. The average molecular weight is 385 g/mol. The van der Waals surface area contributed by atoms with Crippen molar-refractivity contribution in [3.63, 3.8) is 0 Å². The van der Waals surface area contributed by atoms with Crippen molar-refractivity contribution in [1.82, 2.24) is 9.80 Å². The third-order valence-electron chi connectivity index (χ3n) is 4.85. The number of carbonyl (C=O) groups excluding carboxylic acids is 2. The van der Waals surface area contributed by atoms with Crippen LogP contribution < -0.4 is 10.1 Å². The summed E-state index contributed by atoms with van der Waals surface area (Å²) in [6, 6.07) is 5.00. The molecule has 0 spiro atoms. The molecule has 1 aliphatic heterocycles. The Morgan fingerprint density at radius 3 is 2.26 bits per heavy atom. The summed E-state index contributed by atoms with van der Waals surface area (Å²) in [5, 5.41) is 2.65. The van der Waals surface area contributed by atoms with E-state index in [1.165, 1.54) is 12.1 Å². The first kappa shape index (κ1) is 19.5. The van der Waals surface area contributed by atoms with Crippen molar-refractivity contribution < 1.29 is 27.5 Å². The van der Waals surface area contributed by atoms with E-state index in [9.17, 15) is 22.8 Å². The third-order valence-corrected chi connectivity index (χ3v) is 4.85. The van der Waals surface area contributed by atoms with E-state index in [2.05, 4.69) is 17.0 Å². The van der Waals surface area contributed by atoms with Crippen LogP contribution in [0.3, 0.4) is 0 Å². The summed E-state index contributed by atoms with van der Waals surface area (Å²) in [5.74, 6) is 0.271. The molecule has 0 bridgehead atoms. The highest BCUT2D eigenvalue weighted by atomic mass is 19.4. The van der Waals surface area contributed by atoms with Gasteiger partial charge in [0.25, 0.3) is 0 Å². The van der Waals surface area contributed by atoms with Crippen LogP contribution in [-0.4, -0.2) is 60.7 Å².